The van der Waals surface area contributed by atoms with E-state index in [-0.39, 0.29) is 5.82 Å². The maximum absolute atomic E-state index is 12.6. The summed E-state index contributed by atoms with van der Waals surface area (Å²) < 4.78 is 6.83. The second-order valence-corrected chi connectivity index (χ2v) is 5.99. The molecule has 2 amide bonds. The quantitative estimate of drug-likeness (QED) is 0.662. The van der Waals surface area contributed by atoms with Gasteiger partial charge in [-0.25, -0.2) is 9.78 Å². The van der Waals surface area contributed by atoms with E-state index in [0.717, 1.165) is 11.3 Å². The van der Waals surface area contributed by atoms with Crippen LogP contribution < -0.4 is 20.9 Å². The Morgan fingerprint density at radius 2 is 1.86 bits per heavy atom. The lowest BCUT2D eigenvalue weighted by atomic mass is 10.1. The number of urea groups is 1. The summed E-state index contributed by atoms with van der Waals surface area (Å²) in [4.78, 5) is 28.7. The molecule has 0 atom stereocenters. The summed E-state index contributed by atoms with van der Waals surface area (Å²) in [6.45, 7) is 2.93. The Balaban J connectivity index is 1.63. The molecule has 0 radical (unpaired) electrons. The van der Waals surface area contributed by atoms with Gasteiger partial charge in [0.25, 0.3) is 5.56 Å². The predicted octanol–water partition coefficient (Wildman–Crippen LogP) is 3.00. The van der Waals surface area contributed by atoms with Crippen LogP contribution in [0.4, 0.5) is 10.6 Å². The molecule has 0 aliphatic rings. The molecule has 1 heterocycles. The monoisotopic (exact) mass is 378 g/mol. The topological polar surface area (TPSA) is 85.2 Å². The molecule has 0 bridgehead atoms. The van der Waals surface area contributed by atoms with Crippen LogP contribution in [-0.2, 0) is 6.42 Å². The van der Waals surface area contributed by atoms with Crippen molar-refractivity contribution in [1.82, 2.24) is 14.9 Å². The molecule has 0 saturated carbocycles. The second kappa shape index (κ2) is 9.36. The van der Waals surface area contributed by atoms with Crippen LogP contribution in [0.5, 0.6) is 5.75 Å². The lowest BCUT2D eigenvalue weighted by molar-refractivity contribution is 0.252. The van der Waals surface area contributed by atoms with Crippen LogP contribution >= 0.6 is 0 Å². The van der Waals surface area contributed by atoms with E-state index in [9.17, 15) is 9.59 Å². The average molecular weight is 378 g/mol. The fourth-order valence-corrected chi connectivity index (χ4v) is 2.69. The van der Waals surface area contributed by atoms with E-state index in [1.165, 1.54) is 10.8 Å². The molecule has 144 valence electrons. The van der Waals surface area contributed by atoms with E-state index in [4.69, 9.17) is 4.74 Å². The standard InChI is InChI=1S/C21H22N4O3/c1-2-28-18-10-8-17(9-11-18)25-15-14-22-19(20(25)26)24-21(27)23-13-12-16-6-4-3-5-7-16/h3-11,14-15H,2,12-13H2,1H3,(H2,22,23,24,27). The van der Waals surface area contributed by atoms with Crippen LogP contribution in [-0.4, -0.2) is 28.7 Å². The van der Waals surface area contributed by atoms with Gasteiger partial charge in [0, 0.05) is 24.6 Å². The summed E-state index contributed by atoms with van der Waals surface area (Å²) in [5, 5.41) is 5.25. The first-order chi connectivity index (χ1) is 13.7. The third-order valence-electron chi connectivity index (χ3n) is 4.04. The number of hydrogen-bond donors (Lipinski definition) is 2. The van der Waals surface area contributed by atoms with Crippen molar-refractivity contribution in [2.24, 2.45) is 0 Å². The zero-order valence-corrected chi connectivity index (χ0v) is 15.6. The Bertz CT molecular complexity index is 969. The molecule has 1 aromatic heterocycles. The van der Waals surface area contributed by atoms with E-state index in [0.29, 0.717) is 25.3 Å². The van der Waals surface area contributed by atoms with E-state index < -0.39 is 11.6 Å². The number of nitrogens with zero attached hydrogens (tertiary/aromatic N) is 2. The Kier molecular flexibility index (Phi) is 6.41. The van der Waals surface area contributed by atoms with Gasteiger partial charge in [0.05, 0.1) is 6.61 Å². The van der Waals surface area contributed by atoms with Crippen molar-refractivity contribution in [3.8, 4) is 11.4 Å². The van der Waals surface area contributed by atoms with Gasteiger partial charge in [0.15, 0.2) is 0 Å². The molecule has 28 heavy (non-hydrogen) atoms. The molecule has 3 rings (SSSR count). The number of hydrogen-bond acceptors (Lipinski definition) is 4. The van der Waals surface area contributed by atoms with Crippen molar-refractivity contribution in [3.05, 3.63) is 82.9 Å². The van der Waals surface area contributed by atoms with E-state index in [1.54, 1.807) is 30.5 Å². The summed E-state index contributed by atoms with van der Waals surface area (Å²) in [5.74, 6) is 0.693. The van der Waals surface area contributed by atoms with Crippen molar-refractivity contribution in [2.45, 2.75) is 13.3 Å². The summed E-state index contributed by atoms with van der Waals surface area (Å²) in [5.41, 5.74) is 1.37. The van der Waals surface area contributed by atoms with Crippen molar-refractivity contribution in [3.63, 3.8) is 0 Å². The third kappa shape index (κ3) is 4.97. The molecule has 3 aromatic rings. The Morgan fingerprint density at radius 3 is 2.57 bits per heavy atom. The number of amides is 2. The Hall–Kier alpha value is -3.61. The number of rotatable bonds is 7. The van der Waals surface area contributed by atoms with Gasteiger partial charge in [0.1, 0.15) is 5.75 Å². The number of aromatic nitrogens is 2. The molecule has 7 nitrogen and oxygen atoms in total. The van der Waals surface area contributed by atoms with Crippen molar-refractivity contribution in [2.75, 3.05) is 18.5 Å². The van der Waals surface area contributed by atoms with E-state index in [2.05, 4.69) is 15.6 Å². The highest BCUT2D eigenvalue weighted by Gasteiger charge is 2.10. The van der Waals surface area contributed by atoms with E-state index >= 15 is 0 Å². The molecule has 2 aromatic carbocycles. The first-order valence-corrected chi connectivity index (χ1v) is 9.07. The summed E-state index contributed by atoms with van der Waals surface area (Å²) in [6, 6.07) is 16.5. The van der Waals surface area contributed by atoms with Gasteiger partial charge in [-0.2, -0.15) is 0 Å². The van der Waals surface area contributed by atoms with Crippen LogP contribution in [0, 0.1) is 0 Å². The third-order valence-corrected chi connectivity index (χ3v) is 4.04. The molecular weight excluding hydrogens is 356 g/mol. The number of carbonyl (C=O) groups is 1. The molecule has 0 aliphatic carbocycles. The van der Waals surface area contributed by atoms with Gasteiger partial charge in [0.2, 0.25) is 5.82 Å². The molecule has 0 unspecified atom stereocenters. The van der Waals surface area contributed by atoms with Crippen LogP contribution in [0.3, 0.4) is 0 Å². The molecule has 0 spiro atoms. The summed E-state index contributed by atoms with van der Waals surface area (Å²) in [7, 11) is 0. The summed E-state index contributed by atoms with van der Waals surface area (Å²) >= 11 is 0. The second-order valence-electron chi connectivity index (χ2n) is 5.99. The molecule has 0 aliphatic heterocycles. The van der Waals surface area contributed by atoms with Gasteiger partial charge in [-0.15, -0.1) is 0 Å². The zero-order chi connectivity index (χ0) is 19.8. The minimum atomic E-state index is -0.468. The SMILES string of the molecule is CCOc1ccc(-n2ccnc(NC(=O)NCCc3ccccc3)c2=O)cc1. The zero-order valence-electron chi connectivity index (χ0n) is 15.6. The first-order valence-electron chi connectivity index (χ1n) is 9.07. The van der Waals surface area contributed by atoms with Crippen molar-refractivity contribution >= 4 is 11.8 Å². The molecule has 7 heteroatoms. The molecular formula is C21H22N4O3. The normalized spacial score (nSPS) is 10.3. The Labute approximate surface area is 163 Å². The minimum absolute atomic E-state index is 0.0337. The van der Waals surface area contributed by atoms with Crippen LogP contribution in [0.1, 0.15) is 12.5 Å². The largest absolute Gasteiger partial charge is 0.494 e. The lowest BCUT2D eigenvalue weighted by Gasteiger charge is -2.10. The van der Waals surface area contributed by atoms with Crippen LogP contribution in [0.25, 0.3) is 5.69 Å². The van der Waals surface area contributed by atoms with Gasteiger partial charge in [-0.3, -0.25) is 14.7 Å². The smallest absolute Gasteiger partial charge is 0.320 e. The van der Waals surface area contributed by atoms with Gasteiger partial charge >= 0.3 is 6.03 Å². The molecule has 0 fully saturated rings. The van der Waals surface area contributed by atoms with Crippen LogP contribution in [0.2, 0.25) is 0 Å². The number of benzene rings is 2. The fraction of sp³-hybridized carbons (Fsp3) is 0.190. The highest BCUT2D eigenvalue weighted by atomic mass is 16.5. The number of ether oxygens (including phenoxy) is 1. The molecule has 2 N–H and O–H groups in total. The van der Waals surface area contributed by atoms with Gasteiger partial charge in [-0.1, -0.05) is 30.3 Å². The van der Waals surface area contributed by atoms with E-state index in [1.807, 2.05) is 37.3 Å². The molecule has 0 saturated heterocycles. The highest BCUT2D eigenvalue weighted by molar-refractivity contribution is 5.87. The average Bonchev–Trinajstić information content (AvgIpc) is 2.71. The first kappa shape index (κ1) is 19.2. The fourth-order valence-electron chi connectivity index (χ4n) is 2.69. The van der Waals surface area contributed by atoms with Crippen molar-refractivity contribution < 1.29 is 9.53 Å². The van der Waals surface area contributed by atoms with Crippen LogP contribution in [0.15, 0.2) is 71.8 Å². The maximum atomic E-state index is 12.6. The highest BCUT2D eigenvalue weighted by Crippen LogP contribution is 2.14. The minimum Gasteiger partial charge on any atom is -0.494 e. The van der Waals surface area contributed by atoms with Crippen molar-refractivity contribution in [1.29, 1.82) is 0 Å². The van der Waals surface area contributed by atoms with Gasteiger partial charge < -0.3 is 10.1 Å². The predicted molar refractivity (Wildman–Crippen MR) is 108 cm³/mol. The number of nitrogens with one attached hydrogen (secondary N) is 2. The lowest BCUT2D eigenvalue weighted by Crippen LogP contribution is -2.34. The summed E-state index contributed by atoms with van der Waals surface area (Å²) in [6.07, 6.45) is 3.72. The van der Waals surface area contributed by atoms with Gasteiger partial charge in [-0.05, 0) is 43.2 Å². The number of carbonyl (C=O) groups excluding carboxylic acids is 1. The Morgan fingerprint density at radius 1 is 1.11 bits per heavy atom. The maximum Gasteiger partial charge on any atom is 0.320 e. The number of anilines is 1.